The monoisotopic (exact) mass is 234 g/mol. The van der Waals surface area contributed by atoms with E-state index >= 15 is 0 Å². The highest BCUT2D eigenvalue weighted by molar-refractivity contribution is 5.48. The molecule has 3 heteroatoms. The van der Waals surface area contributed by atoms with Crippen molar-refractivity contribution >= 4 is 5.69 Å². The van der Waals surface area contributed by atoms with Crippen LogP contribution in [0.25, 0.3) is 0 Å². The molecule has 0 amide bonds. The van der Waals surface area contributed by atoms with Gasteiger partial charge in [0, 0.05) is 0 Å². The van der Waals surface area contributed by atoms with Crippen molar-refractivity contribution in [2.45, 2.75) is 45.1 Å². The third-order valence-corrected chi connectivity index (χ3v) is 3.02. The molecule has 1 unspecified atom stereocenters. The molecule has 0 aromatic heterocycles. The van der Waals surface area contributed by atoms with Gasteiger partial charge in [0.2, 0.25) is 0 Å². The number of nitrogens with one attached hydrogen (secondary N) is 1. The number of halogens is 1. The molecule has 0 aliphatic heterocycles. The van der Waals surface area contributed by atoms with E-state index in [1.165, 1.54) is 6.07 Å². The largest absolute Gasteiger partial charge is 0.365 e. The van der Waals surface area contributed by atoms with Crippen molar-refractivity contribution in [3.05, 3.63) is 30.1 Å². The lowest BCUT2D eigenvalue weighted by Gasteiger charge is -2.27. The van der Waals surface area contributed by atoms with E-state index in [1.807, 2.05) is 6.92 Å². The Hall–Kier alpha value is -1.56. The number of nitriles is 1. The number of nitrogens with zero attached hydrogens (tertiary/aromatic N) is 1. The average Bonchev–Trinajstić information content (AvgIpc) is 2.37. The Morgan fingerprint density at radius 1 is 1.35 bits per heavy atom. The minimum Gasteiger partial charge on any atom is -0.365 e. The maximum Gasteiger partial charge on any atom is 0.146 e. The molecule has 1 atom stereocenters. The normalized spacial score (nSPS) is 13.8. The summed E-state index contributed by atoms with van der Waals surface area (Å²) in [6, 6.07) is 8.78. The summed E-state index contributed by atoms with van der Waals surface area (Å²) in [5.41, 5.74) is -0.245. The fourth-order valence-electron chi connectivity index (χ4n) is 1.79. The van der Waals surface area contributed by atoms with Crippen LogP contribution in [-0.4, -0.2) is 5.54 Å². The molecule has 0 bridgehead atoms. The Balaban J connectivity index is 2.87. The second-order valence-electron chi connectivity index (χ2n) is 4.26. The fraction of sp³-hybridized carbons (Fsp3) is 0.500. The lowest BCUT2D eigenvalue weighted by molar-refractivity contribution is 0.493. The second-order valence-corrected chi connectivity index (χ2v) is 4.26. The first-order chi connectivity index (χ1) is 8.17. The van der Waals surface area contributed by atoms with Gasteiger partial charge in [0.05, 0.1) is 11.8 Å². The van der Waals surface area contributed by atoms with Gasteiger partial charge in [-0.25, -0.2) is 4.39 Å². The molecule has 1 aromatic carbocycles. The molecule has 1 aromatic rings. The van der Waals surface area contributed by atoms with Crippen molar-refractivity contribution in [3.63, 3.8) is 0 Å². The van der Waals surface area contributed by atoms with E-state index in [4.69, 9.17) is 0 Å². The van der Waals surface area contributed by atoms with E-state index < -0.39 is 5.54 Å². The summed E-state index contributed by atoms with van der Waals surface area (Å²) >= 11 is 0. The van der Waals surface area contributed by atoms with Gasteiger partial charge in [-0.05, 0) is 25.0 Å². The molecule has 2 nitrogen and oxygen atoms in total. The smallest absolute Gasteiger partial charge is 0.146 e. The third kappa shape index (κ3) is 3.45. The molecule has 0 aliphatic carbocycles. The summed E-state index contributed by atoms with van der Waals surface area (Å²) in [5.74, 6) is -0.308. The highest BCUT2D eigenvalue weighted by Gasteiger charge is 2.27. The first-order valence-corrected chi connectivity index (χ1v) is 6.11. The van der Waals surface area contributed by atoms with Gasteiger partial charge in [0.1, 0.15) is 11.4 Å². The van der Waals surface area contributed by atoms with E-state index in [9.17, 15) is 9.65 Å². The molecule has 1 rings (SSSR count). The van der Waals surface area contributed by atoms with Gasteiger partial charge >= 0.3 is 0 Å². The predicted octanol–water partition coefficient (Wildman–Crippen LogP) is 4.10. The standard InChI is InChI=1S/C14H19FN2/c1-3-5-10-14(4-2,11-16)17-13-9-7-6-8-12(13)15/h6-9,17H,3-5,10H2,1-2H3. The molecule has 0 saturated heterocycles. The van der Waals surface area contributed by atoms with Gasteiger partial charge in [-0.2, -0.15) is 5.26 Å². The summed E-state index contributed by atoms with van der Waals surface area (Å²) in [6.45, 7) is 4.04. The molecule has 1 N–H and O–H groups in total. The average molecular weight is 234 g/mol. The second kappa shape index (κ2) is 6.24. The Kier molecular flexibility index (Phi) is 4.96. The van der Waals surface area contributed by atoms with Gasteiger partial charge in [-0.3, -0.25) is 0 Å². The molecule has 92 valence electrons. The number of benzene rings is 1. The van der Waals surface area contributed by atoms with Crippen molar-refractivity contribution in [1.29, 1.82) is 5.26 Å². The van der Waals surface area contributed by atoms with E-state index in [2.05, 4.69) is 18.3 Å². The Bertz CT molecular complexity index is 397. The zero-order chi connectivity index (χ0) is 12.7. The lowest BCUT2D eigenvalue weighted by atomic mass is 9.91. The summed E-state index contributed by atoms with van der Waals surface area (Å²) in [6.07, 6.45) is 3.40. The fourth-order valence-corrected chi connectivity index (χ4v) is 1.79. The van der Waals surface area contributed by atoms with Crippen molar-refractivity contribution < 1.29 is 4.39 Å². The zero-order valence-electron chi connectivity index (χ0n) is 10.5. The minimum atomic E-state index is -0.655. The Labute approximate surface area is 102 Å². The van der Waals surface area contributed by atoms with Crippen LogP contribution in [0.1, 0.15) is 39.5 Å². The molecule has 17 heavy (non-hydrogen) atoms. The molecule has 0 radical (unpaired) electrons. The maximum atomic E-state index is 13.5. The van der Waals surface area contributed by atoms with Crippen molar-refractivity contribution in [2.24, 2.45) is 0 Å². The van der Waals surface area contributed by atoms with Crippen LogP contribution in [0.4, 0.5) is 10.1 Å². The molecule has 0 spiro atoms. The van der Waals surface area contributed by atoms with Crippen LogP contribution in [0, 0.1) is 17.1 Å². The van der Waals surface area contributed by atoms with Gasteiger partial charge in [0.15, 0.2) is 0 Å². The van der Waals surface area contributed by atoms with Crippen LogP contribution in [-0.2, 0) is 0 Å². The van der Waals surface area contributed by atoms with Crippen molar-refractivity contribution in [2.75, 3.05) is 5.32 Å². The lowest BCUT2D eigenvalue weighted by Crippen LogP contribution is -2.36. The topological polar surface area (TPSA) is 35.8 Å². The van der Waals surface area contributed by atoms with Crippen LogP contribution in [0.5, 0.6) is 0 Å². The van der Waals surface area contributed by atoms with Crippen LogP contribution < -0.4 is 5.32 Å². The molecule has 0 fully saturated rings. The number of unbranched alkanes of at least 4 members (excludes halogenated alkanes) is 1. The molecule has 0 aliphatic rings. The van der Waals surface area contributed by atoms with Gasteiger partial charge in [-0.15, -0.1) is 0 Å². The molecular formula is C14H19FN2. The van der Waals surface area contributed by atoms with E-state index in [1.54, 1.807) is 18.2 Å². The minimum absolute atomic E-state index is 0.308. The Morgan fingerprint density at radius 2 is 2.06 bits per heavy atom. The predicted molar refractivity (Wildman–Crippen MR) is 68.2 cm³/mol. The molecular weight excluding hydrogens is 215 g/mol. The van der Waals surface area contributed by atoms with Crippen LogP contribution >= 0.6 is 0 Å². The van der Waals surface area contributed by atoms with Gasteiger partial charge in [-0.1, -0.05) is 38.8 Å². The number of rotatable bonds is 6. The Morgan fingerprint density at radius 3 is 2.59 bits per heavy atom. The van der Waals surface area contributed by atoms with E-state index in [0.717, 1.165) is 19.3 Å². The van der Waals surface area contributed by atoms with Crippen LogP contribution in [0.3, 0.4) is 0 Å². The summed E-state index contributed by atoms with van der Waals surface area (Å²) in [5, 5.41) is 12.4. The van der Waals surface area contributed by atoms with Crippen LogP contribution in [0.2, 0.25) is 0 Å². The zero-order valence-corrected chi connectivity index (χ0v) is 10.5. The first-order valence-electron chi connectivity index (χ1n) is 6.11. The number of para-hydroxylation sites is 1. The molecule has 0 saturated carbocycles. The number of hydrogen-bond donors (Lipinski definition) is 1. The quantitative estimate of drug-likeness (QED) is 0.804. The highest BCUT2D eigenvalue weighted by atomic mass is 19.1. The number of anilines is 1. The summed E-state index contributed by atoms with van der Waals surface area (Å²) in [4.78, 5) is 0. The highest BCUT2D eigenvalue weighted by Crippen LogP contribution is 2.25. The van der Waals surface area contributed by atoms with E-state index in [0.29, 0.717) is 12.1 Å². The maximum absolute atomic E-state index is 13.5. The SMILES string of the molecule is CCCCC(C#N)(CC)Nc1ccccc1F. The summed E-state index contributed by atoms with van der Waals surface area (Å²) in [7, 11) is 0. The molecule has 0 heterocycles. The van der Waals surface area contributed by atoms with Gasteiger partial charge in [0.25, 0.3) is 0 Å². The van der Waals surface area contributed by atoms with Crippen molar-refractivity contribution in [1.82, 2.24) is 0 Å². The third-order valence-electron chi connectivity index (χ3n) is 3.02. The summed E-state index contributed by atoms with van der Waals surface area (Å²) < 4.78 is 13.5. The first kappa shape index (κ1) is 13.5. The number of hydrogen-bond acceptors (Lipinski definition) is 2. The van der Waals surface area contributed by atoms with Gasteiger partial charge < -0.3 is 5.32 Å². The van der Waals surface area contributed by atoms with Crippen LogP contribution in [0.15, 0.2) is 24.3 Å². The van der Waals surface area contributed by atoms with Crippen molar-refractivity contribution in [3.8, 4) is 6.07 Å². The van der Waals surface area contributed by atoms with E-state index in [-0.39, 0.29) is 5.82 Å².